The maximum Gasteiger partial charge on any atom is 0.228 e. The van der Waals surface area contributed by atoms with E-state index in [0.717, 1.165) is 101 Å². The van der Waals surface area contributed by atoms with E-state index in [2.05, 4.69) is 91.0 Å². The molecule has 0 N–H and O–H groups in total. The Hall–Kier alpha value is -6.33. The molecule has 8 aromatic rings. The number of ether oxygens (including phenoxy) is 1. The molecule has 0 unspecified atom stereocenters. The highest BCUT2D eigenvalue weighted by atomic mass is 16.5. The fourth-order valence-corrected chi connectivity index (χ4v) is 7.49. The Morgan fingerprint density at radius 1 is 0.580 bits per heavy atom. The van der Waals surface area contributed by atoms with E-state index in [0.29, 0.717) is 19.6 Å². The van der Waals surface area contributed by atoms with Crippen LogP contribution in [0.1, 0.15) is 17.5 Å². The molecule has 2 aliphatic rings. The van der Waals surface area contributed by atoms with E-state index in [-0.39, 0.29) is 5.91 Å². The first-order valence-corrected chi connectivity index (χ1v) is 17.1. The van der Waals surface area contributed by atoms with Gasteiger partial charge in [-0.15, -0.1) is 0 Å². The quantitative estimate of drug-likeness (QED) is 0.178. The maximum atomic E-state index is 13.1. The molecule has 5 heteroatoms. The van der Waals surface area contributed by atoms with Gasteiger partial charge in [0.15, 0.2) is 0 Å². The Labute approximate surface area is 288 Å². The third-order valence-electron chi connectivity index (χ3n) is 10.1. The minimum Gasteiger partial charge on any atom is -0.489 e. The molecule has 0 spiro atoms. The highest BCUT2D eigenvalue weighted by molar-refractivity contribution is 6.10. The second-order valence-electron chi connectivity index (χ2n) is 13.0. The summed E-state index contributed by atoms with van der Waals surface area (Å²) >= 11 is 0. The summed E-state index contributed by atoms with van der Waals surface area (Å²) in [6.45, 7) is 1.10. The lowest BCUT2D eigenvalue weighted by molar-refractivity contribution is -0.122. The zero-order chi connectivity index (χ0) is 33.2. The second-order valence-corrected chi connectivity index (χ2v) is 13.0. The van der Waals surface area contributed by atoms with Crippen molar-refractivity contribution in [2.24, 2.45) is 0 Å². The van der Waals surface area contributed by atoms with Gasteiger partial charge in [0, 0.05) is 40.1 Å². The fourth-order valence-electron chi connectivity index (χ4n) is 7.49. The zero-order valence-electron chi connectivity index (χ0n) is 27.2. The summed E-state index contributed by atoms with van der Waals surface area (Å²) in [4.78, 5) is 15.0. The van der Waals surface area contributed by atoms with Crippen LogP contribution in [0.5, 0.6) is 5.75 Å². The average Bonchev–Trinajstić information content (AvgIpc) is 3.74. The van der Waals surface area contributed by atoms with Gasteiger partial charge in [-0.05, 0) is 100 Å². The third-order valence-corrected chi connectivity index (χ3v) is 10.1. The van der Waals surface area contributed by atoms with Crippen LogP contribution in [0, 0.1) is 0 Å². The minimum atomic E-state index is 0.121. The molecule has 0 atom stereocenters. The molecule has 10 rings (SSSR count). The van der Waals surface area contributed by atoms with Crippen LogP contribution in [0.25, 0.3) is 71.7 Å². The summed E-state index contributed by atoms with van der Waals surface area (Å²) in [7, 11) is 0. The molecule has 0 aliphatic carbocycles. The van der Waals surface area contributed by atoms with E-state index < -0.39 is 0 Å². The molecule has 6 aromatic carbocycles. The van der Waals surface area contributed by atoms with Crippen LogP contribution in [-0.2, 0) is 11.2 Å². The van der Waals surface area contributed by atoms with Gasteiger partial charge in [0.25, 0.3) is 0 Å². The van der Waals surface area contributed by atoms with Crippen LogP contribution in [-0.4, -0.2) is 19.1 Å². The summed E-state index contributed by atoms with van der Waals surface area (Å²) in [5, 5.41) is 4.33. The lowest BCUT2D eigenvalue weighted by atomic mass is 9.87. The van der Waals surface area contributed by atoms with Crippen LogP contribution in [0.4, 0.5) is 5.69 Å². The number of carbonyl (C=O) groups excluding carboxylic acids is 1. The molecule has 0 saturated carbocycles. The Morgan fingerprint density at radius 2 is 1.22 bits per heavy atom. The third kappa shape index (κ3) is 4.66. The number of furan rings is 2. The highest BCUT2D eigenvalue weighted by Crippen LogP contribution is 2.44. The van der Waals surface area contributed by atoms with Crippen LogP contribution in [0.2, 0.25) is 0 Å². The Morgan fingerprint density at radius 3 is 1.90 bits per heavy atom. The number of allylic oxidation sites excluding steroid dienone is 3. The molecule has 0 bridgehead atoms. The lowest BCUT2D eigenvalue weighted by Gasteiger charge is -2.33. The Kier molecular flexibility index (Phi) is 6.53. The minimum absolute atomic E-state index is 0.121. The average molecular weight is 650 g/mol. The van der Waals surface area contributed by atoms with Gasteiger partial charge in [0.1, 0.15) is 34.7 Å². The van der Waals surface area contributed by atoms with E-state index in [9.17, 15) is 4.79 Å². The number of hydrogen-bond acceptors (Lipinski definition) is 4. The van der Waals surface area contributed by atoms with Crippen LogP contribution < -0.4 is 9.64 Å². The molecule has 4 heterocycles. The van der Waals surface area contributed by atoms with Gasteiger partial charge in [-0.1, -0.05) is 78.9 Å². The van der Waals surface area contributed by atoms with Crippen molar-refractivity contribution in [2.75, 3.05) is 18.1 Å². The van der Waals surface area contributed by atoms with E-state index >= 15 is 0 Å². The van der Waals surface area contributed by atoms with Gasteiger partial charge in [0.05, 0.1) is 5.69 Å². The van der Waals surface area contributed by atoms with E-state index in [1.54, 1.807) is 0 Å². The van der Waals surface area contributed by atoms with Gasteiger partial charge in [-0.2, -0.15) is 0 Å². The van der Waals surface area contributed by atoms with Crippen molar-refractivity contribution in [3.63, 3.8) is 0 Å². The molecule has 0 radical (unpaired) electrons. The fraction of sp³-hybridized carbons (Fsp3) is 0.0889. The van der Waals surface area contributed by atoms with Crippen molar-refractivity contribution < 1.29 is 18.4 Å². The predicted octanol–water partition coefficient (Wildman–Crippen LogP) is 11.1. The molecular formula is C45H31NO4. The number of nitrogens with zero attached hydrogens (tertiary/aromatic N) is 1. The Balaban J connectivity index is 1.20. The topological polar surface area (TPSA) is 55.8 Å². The van der Waals surface area contributed by atoms with Gasteiger partial charge < -0.3 is 18.5 Å². The summed E-state index contributed by atoms with van der Waals surface area (Å²) in [6.07, 6.45) is 7.85. The Bertz CT molecular complexity index is 2720. The number of amides is 1. The number of para-hydroxylation sites is 3. The van der Waals surface area contributed by atoms with Gasteiger partial charge in [-0.25, -0.2) is 0 Å². The number of benzene rings is 6. The number of carbonyl (C=O) groups is 1. The first kappa shape index (κ1) is 28.7. The van der Waals surface area contributed by atoms with Crippen molar-refractivity contribution >= 4 is 61.0 Å². The normalized spacial score (nSPS) is 16.4. The molecule has 2 aliphatic heterocycles. The SMILES string of the molecule is O=C1CCN1c1cc(-c2ccc3c(c2)oc2ccccc23)c(C2=C/COc3ccccc3C/C=C\2)cc1-c1ccc2c(c1)oc1ccccc12. The first-order valence-electron chi connectivity index (χ1n) is 17.1. The largest absolute Gasteiger partial charge is 0.489 e. The zero-order valence-corrected chi connectivity index (χ0v) is 27.2. The molecule has 2 aromatic heterocycles. The van der Waals surface area contributed by atoms with Crippen molar-refractivity contribution in [3.8, 4) is 28.0 Å². The maximum absolute atomic E-state index is 13.1. The molecule has 240 valence electrons. The van der Waals surface area contributed by atoms with E-state index in [1.807, 2.05) is 53.4 Å². The predicted molar refractivity (Wildman–Crippen MR) is 202 cm³/mol. The molecule has 1 amide bonds. The standard InChI is InChI=1S/C45H31NO4/c47-45-20-22-46(45)39-27-37(30-16-18-34-32-11-2-5-14-41(32)49-43(34)24-30)36(28-9-7-10-29-8-1-4-13-40(29)48-23-21-28)26-38(39)31-17-19-35-33-12-3-6-15-42(33)50-44(35)25-31/h1-9,11-19,21,24-27H,10,20,22-23H2/b9-7-,28-21+. The van der Waals surface area contributed by atoms with Crippen molar-refractivity contribution in [2.45, 2.75) is 12.8 Å². The van der Waals surface area contributed by atoms with Crippen LogP contribution in [0.15, 0.2) is 148 Å². The molecule has 5 nitrogen and oxygen atoms in total. The molecule has 1 fully saturated rings. The number of hydrogen-bond donors (Lipinski definition) is 0. The van der Waals surface area contributed by atoms with Crippen LogP contribution >= 0.6 is 0 Å². The van der Waals surface area contributed by atoms with E-state index in [1.165, 1.54) is 0 Å². The summed E-state index contributed by atoms with van der Waals surface area (Å²) in [5.74, 6) is 1.02. The second kappa shape index (κ2) is 11.4. The highest BCUT2D eigenvalue weighted by Gasteiger charge is 2.29. The van der Waals surface area contributed by atoms with Gasteiger partial charge in [0.2, 0.25) is 5.91 Å². The monoisotopic (exact) mass is 649 g/mol. The smallest absolute Gasteiger partial charge is 0.228 e. The van der Waals surface area contributed by atoms with Gasteiger partial charge in [-0.3, -0.25) is 4.79 Å². The first-order chi connectivity index (χ1) is 24.7. The van der Waals surface area contributed by atoms with Crippen molar-refractivity contribution in [3.05, 3.63) is 151 Å². The molecule has 1 saturated heterocycles. The van der Waals surface area contributed by atoms with Gasteiger partial charge >= 0.3 is 0 Å². The van der Waals surface area contributed by atoms with Crippen molar-refractivity contribution in [1.82, 2.24) is 0 Å². The number of rotatable bonds is 4. The number of fused-ring (bicyclic) bond motifs is 7. The van der Waals surface area contributed by atoms with Crippen LogP contribution in [0.3, 0.4) is 0 Å². The number of anilines is 1. The number of β-lactam (4-membered cyclic amide) rings is 1. The summed E-state index contributed by atoms with van der Waals surface area (Å²) < 4.78 is 19.0. The van der Waals surface area contributed by atoms with Crippen molar-refractivity contribution in [1.29, 1.82) is 0 Å². The lowest BCUT2D eigenvalue weighted by Crippen LogP contribution is -2.43. The molecular weight excluding hydrogens is 618 g/mol. The summed E-state index contributed by atoms with van der Waals surface area (Å²) in [5.41, 5.74) is 11.5. The summed E-state index contributed by atoms with van der Waals surface area (Å²) in [6, 6.07) is 41.7. The van der Waals surface area contributed by atoms with E-state index in [4.69, 9.17) is 13.6 Å². The molecule has 50 heavy (non-hydrogen) atoms.